The predicted octanol–water partition coefficient (Wildman–Crippen LogP) is 6.32. The lowest BCUT2D eigenvalue weighted by molar-refractivity contribution is -0.137. The van der Waals surface area contributed by atoms with Gasteiger partial charge in [0.2, 0.25) is 0 Å². The number of alkyl halides is 3. The van der Waals surface area contributed by atoms with Crippen molar-refractivity contribution in [3.63, 3.8) is 0 Å². The fourth-order valence-corrected chi connectivity index (χ4v) is 5.92. The monoisotopic (exact) mass is 510 g/mol. The number of nitrogens with zero attached hydrogens (tertiary/aromatic N) is 5. The van der Waals surface area contributed by atoms with Gasteiger partial charge in [-0.1, -0.05) is 23.7 Å². The number of hydrogen-bond donors (Lipinski definition) is 2. The van der Waals surface area contributed by atoms with E-state index in [9.17, 15) is 17.6 Å². The average Bonchev–Trinajstić information content (AvgIpc) is 3.39. The fourth-order valence-electron chi connectivity index (χ4n) is 3.08. The number of para-hydroxylation sites is 1. The first kappa shape index (κ1) is 21.9. The van der Waals surface area contributed by atoms with Gasteiger partial charge in [0.15, 0.2) is 16.1 Å². The number of hydrogen-bond acceptors (Lipinski definition) is 6. The minimum atomic E-state index is -4.69. The van der Waals surface area contributed by atoms with E-state index in [1.165, 1.54) is 6.07 Å². The van der Waals surface area contributed by atoms with Crippen molar-refractivity contribution >= 4 is 45.5 Å². The molecule has 1 aliphatic heterocycles. The summed E-state index contributed by atoms with van der Waals surface area (Å²) in [7, 11) is -1.02. The fraction of sp³-hybridized carbons (Fsp3) is 0.0500. The Balaban J connectivity index is 1.42. The number of halogens is 5. The van der Waals surface area contributed by atoms with Crippen LogP contribution in [0.4, 0.5) is 23.2 Å². The van der Waals surface area contributed by atoms with Crippen LogP contribution in [0.15, 0.2) is 73.8 Å². The number of aliphatic imine (C=N–C) groups is 1. The van der Waals surface area contributed by atoms with Gasteiger partial charge >= 0.3 is 6.18 Å². The summed E-state index contributed by atoms with van der Waals surface area (Å²) in [4.78, 5) is 17.1. The highest BCUT2D eigenvalue weighted by atomic mass is 35.5. The molecule has 2 aromatic heterocycles. The highest BCUT2D eigenvalue weighted by Gasteiger charge is 2.31. The van der Waals surface area contributed by atoms with Crippen LogP contribution in [-0.4, -0.2) is 30.7 Å². The molecule has 0 fully saturated rings. The summed E-state index contributed by atoms with van der Waals surface area (Å²) >= 11 is 7.28. The van der Waals surface area contributed by atoms with Gasteiger partial charge in [0.05, 0.1) is 16.8 Å². The molecule has 2 aromatic carbocycles. The third-order valence-electron chi connectivity index (χ3n) is 4.49. The number of benzene rings is 2. The van der Waals surface area contributed by atoms with Crippen LogP contribution in [-0.2, 0) is 6.18 Å². The third-order valence-corrected chi connectivity index (χ3v) is 7.36. The number of H-pyrrole nitrogens is 1. The molecule has 1 unspecified atom stereocenters. The zero-order chi connectivity index (χ0) is 23.2. The van der Waals surface area contributed by atoms with Crippen LogP contribution < -0.4 is 0 Å². The van der Waals surface area contributed by atoms with Gasteiger partial charge in [0.25, 0.3) is 0 Å². The summed E-state index contributed by atoms with van der Waals surface area (Å²) < 4.78 is 52.7. The van der Waals surface area contributed by atoms with Crippen LogP contribution in [0.2, 0.25) is 5.15 Å². The van der Waals surface area contributed by atoms with E-state index in [1.54, 1.807) is 5.55 Å². The van der Waals surface area contributed by atoms with Gasteiger partial charge in [-0.2, -0.15) is 13.2 Å². The van der Waals surface area contributed by atoms with Crippen LogP contribution >= 0.6 is 34.3 Å². The molecule has 1 N–H and O–H groups in total. The minimum absolute atomic E-state index is 0.0101. The minimum Gasteiger partial charge on any atom is -0.316 e. The Hall–Kier alpha value is -2.96. The first-order chi connectivity index (χ1) is 15.8. The van der Waals surface area contributed by atoms with E-state index in [1.807, 2.05) is 24.3 Å². The van der Waals surface area contributed by atoms with Crippen molar-refractivity contribution in [3.05, 3.63) is 65.1 Å². The van der Waals surface area contributed by atoms with Gasteiger partial charge in [-0.25, -0.2) is 19.4 Å². The first-order valence-corrected chi connectivity index (χ1v) is 11.8. The van der Waals surface area contributed by atoms with Gasteiger partial charge in [-0.15, -0.1) is 21.1 Å². The van der Waals surface area contributed by atoms with Gasteiger partial charge in [0.1, 0.15) is 16.0 Å². The van der Waals surface area contributed by atoms with E-state index in [0.29, 0.717) is 16.2 Å². The molecule has 0 saturated heterocycles. The average molecular weight is 511 g/mol. The van der Waals surface area contributed by atoms with Crippen molar-refractivity contribution < 1.29 is 17.6 Å². The van der Waals surface area contributed by atoms with Crippen LogP contribution in [0.1, 0.15) is 5.56 Å². The normalized spacial score (nSPS) is 16.2. The Labute approximate surface area is 195 Å². The molecule has 1 atom stereocenters. The highest BCUT2D eigenvalue weighted by molar-refractivity contribution is 8.28. The number of aromatic amines is 1. The third kappa shape index (κ3) is 4.59. The van der Waals surface area contributed by atoms with Crippen LogP contribution in [0.3, 0.4) is 0 Å². The lowest BCUT2D eigenvalue weighted by Crippen LogP contribution is -2.05. The van der Waals surface area contributed by atoms with Crippen LogP contribution in [0, 0.1) is 5.82 Å². The van der Waals surface area contributed by atoms with Crippen molar-refractivity contribution in [2.75, 3.05) is 0 Å². The molecule has 5 rings (SSSR count). The SMILES string of the molecule is Fc1cc(-c2nnc(Sc3cc(Cl)nc([SH]4C=Nc5ccccc54)n3)[nH]2)cc(C(F)(F)F)c1. The second kappa shape index (κ2) is 8.43. The summed E-state index contributed by atoms with van der Waals surface area (Å²) in [5, 5.41) is 9.22. The standard InChI is InChI=1S/C20H11ClF4N6S2/c21-15-8-16(28-19(27-15)33-9-26-13-3-1-2-4-14(13)33)32-18-29-17(30-31-18)10-5-11(20(23,24)25)7-12(22)6-10/h1-9,33H,(H,29,30,31). The summed E-state index contributed by atoms with van der Waals surface area (Å²) in [5.41, 5.74) is 1.46. The van der Waals surface area contributed by atoms with Gasteiger partial charge in [-0.05, 0) is 42.1 Å². The van der Waals surface area contributed by atoms with Crippen molar-refractivity contribution in [2.24, 2.45) is 4.99 Å². The van der Waals surface area contributed by atoms with Gasteiger partial charge in [-0.3, -0.25) is 0 Å². The first-order valence-electron chi connectivity index (χ1n) is 9.22. The van der Waals surface area contributed by atoms with E-state index in [2.05, 4.69) is 30.1 Å². The summed E-state index contributed by atoms with van der Waals surface area (Å²) in [6, 6.07) is 11.4. The second-order valence-corrected chi connectivity index (χ2v) is 9.99. The topological polar surface area (TPSA) is 79.7 Å². The highest BCUT2D eigenvalue weighted by Crippen LogP contribution is 2.50. The molecule has 1 aliphatic rings. The zero-order valence-electron chi connectivity index (χ0n) is 16.2. The Morgan fingerprint density at radius 2 is 1.82 bits per heavy atom. The molecular formula is C20H11ClF4N6S2. The molecule has 4 aromatic rings. The molecule has 168 valence electrons. The molecule has 0 saturated carbocycles. The Morgan fingerprint density at radius 1 is 1.00 bits per heavy atom. The smallest absolute Gasteiger partial charge is 0.316 e. The number of thiol groups is 1. The van der Waals surface area contributed by atoms with E-state index < -0.39 is 28.5 Å². The quantitative estimate of drug-likeness (QED) is 0.145. The molecule has 0 spiro atoms. The van der Waals surface area contributed by atoms with Gasteiger partial charge < -0.3 is 4.98 Å². The van der Waals surface area contributed by atoms with Crippen molar-refractivity contribution in [1.29, 1.82) is 0 Å². The largest absolute Gasteiger partial charge is 0.416 e. The van der Waals surface area contributed by atoms with E-state index in [-0.39, 0.29) is 21.7 Å². The predicted molar refractivity (Wildman–Crippen MR) is 118 cm³/mol. The van der Waals surface area contributed by atoms with Crippen molar-refractivity contribution in [2.45, 2.75) is 26.4 Å². The van der Waals surface area contributed by atoms with Crippen LogP contribution in [0.5, 0.6) is 0 Å². The maximum Gasteiger partial charge on any atom is 0.416 e. The molecular weight excluding hydrogens is 500 g/mol. The summed E-state index contributed by atoms with van der Waals surface area (Å²) in [5.74, 6) is -1.04. The van der Waals surface area contributed by atoms with E-state index >= 15 is 0 Å². The zero-order valence-corrected chi connectivity index (χ0v) is 18.6. The van der Waals surface area contributed by atoms with Crippen LogP contribution in [0.25, 0.3) is 11.4 Å². The Bertz CT molecular complexity index is 1390. The molecule has 13 heteroatoms. The maximum atomic E-state index is 13.7. The lowest BCUT2D eigenvalue weighted by Gasteiger charge is -2.13. The van der Waals surface area contributed by atoms with Gasteiger partial charge in [0, 0.05) is 16.5 Å². The second-order valence-electron chi connectivity index (χ2n) is 6.74. The van der Waals surface area contributed by atoms with Crippen molar-refractivity contribution in [3.8, 4) is 11.4 Å². The Morgan fingerprint density at radius 3 is 2.64 bits per heavy atom. The number of rotatable bonds is 4. The van der Waals surface area contributed by atoms with Crippen molar-refractivity contribution in [1.82, 2.24) is 25.1 Å². The lowest BCUT2D eigenvalue weighted by atomic mass is 10.1. The molecule has 33 heavy (non-hydrogen) atoms. The van der Waals surface area contributed by atoms with E-state index in [4.69, 9.17) is 11.6 Å². The summed E-state index contributed by atoms with van der Waals surface area (Å²) in [6.45, 7) is 0. The summed E-state index contributed by atoms with van der Waals surface area (Å²) in [6.07, 6.45) is -4.69. The number of nitrogens with one attached hydrogen (secondary N) is 1. The Kier molecular flexibility index (Phi) is 5.59. The number of aromatic nitrogens is 5. The molecule has 3 heterocycles. The molecule has 0 radical (unpaired) electrons. The number of fused-ring (bicyclic) bond motifs is 1. The molecule has 0 aliphatic carbocycles. The van der Waals surface area contributed by atoms with E-state index in [0.717, 1.165) is 34.5 Å². The molecule has 6 nitrogen and oxygen atoms in total. The maximum absolute atomic E-state index is 13.7. The molecule has 0 amide bonds. The molecule has 0 bridgehead atoms.